The van der Waals surface area contributed by atoms with Crippen LogP contribution in [0.3, 0.4) is 0 Å². The zero-order chi connectivity index (χ0) is 19.2. The monoisotopic (exact) mass is 423 g/mol. The van der Waals surface area contributed by atoms with E-state index in [9.17, 15) is 0 Å². The molecule has 0 amide bonds. The Hall–Kier alpha value is -1.57. The standard InChI is InChI=1S/C19H19Cl2N3O2S/c1-26-17(13-4-2-3-5-15(13)21)11-22-18-14-10-12(20)6-7-16(14)23-19(24-18)27-9-8-25/h2-7,10,17,25H,8-9,11H2,1H3,(H,22,23,24). The number of methoxy groups -OCH3 is 1. The smallest absolute Gasteiger partial charge is 0.190 e. The lowest BCUT2D eigenvalue weighted by Gasteiger charge is -2.19. The van der Waals surface area contributed by atoms with Gasteiger partial charge in [0.25, 0.3) is 0 Å². The Bertz CT molecular complexity index is 927. The highest BCUT2D eigenvalue weighted by molar-refractivity contribution is 7.99. The zero-order valence-electron chi connectivity index (χ0n) is 14.7. The number of benzene rings is 2. The maximum atomic E-state index is 9.07. The Kier molecular flexibility index (Phi) is 7.15. The van der Waals surface area contributed by atoms with Gasteiger partial charge in [-0.25, -0.2) is 9.97 Å². The fourth-order valence-corrected chi connectivity index (χ4v) is 3.68. The molecule has 0 spiro atoms. The number of anilines is 1. The lowest BCUT2D eigenvalue weighted by molar-refractivity contribution is 0.114. The lowest BCUT2D eigenvalue weighted by atomic mass is 10.1. The molecule has 27 heavy (non-hydrogen) atoms. The number of hydrogen-bond donors (Lipinski definition) is 2. The molecule has 2 aromatic carbocycles. The van der Waals surface area contributed by atoms with E-state index in [1.807, 2.05) is 36.4 Å². The molecular formula is C19H19Cl2N3O2S. The van der Waals surface area contributed by atoms with Crippen LogP contribution in [-0.2, 0) is 4.74 Å². The summed E-state index contributed by atoms with van der Waals surface area (Å²) in [5.74, 6) is 1.19. The number of thioether (sulfide) groups is 1. The van der Waals surface area contributed by atoms with Crippen LogP contribution < -0.4 is 5.32 Å². The second-order valence-electron chi connectivity index (χ2n) is 5.72. The zero-order valence-corrected chi connectivity index (χ0v) is 17.0. The van der Waals surface area contributed by atoms with E-state index in [1.54, 1.807) is 13.2 Å². The van der Waals surface area contributed by atoms with Crippen LogP contribution in [0.25, 0.3) is 10.9 Å². The molecule has 8 heteroatoms. The van der Waals surface area contributed by atoms with Crippen molar-refractivity contribution in [2.75, 3.05) is 31.3 Å². The van der Waals surface area contributed by atoms with Crippen LogP contribution in [0.2, 0.25) is 10.0 Å². The Labute approximate surface area is 172 Å². The highest BCUT2D eigenvalue weighted by Gasteiger charge is 2.16. The van der Waals surface area contributed by atoms with Crippen LogP contribution in [0.1, 0.15) is 11.7 Å². The number of halogens is 2. The molecule has 5 nitrogen and oxygen atoms in total. The average Bonchev–Trinajstić information content (AvgIpc) is 2.68. The van der Waals surface area contributed by atoms with Crippen molar-refractivity contribution < 1.29 is 9.84 Å². The first-order valence-electron chi connectivity index (χ1n) is 8.34. The number of hydrogen-bond acceptors (Lipinski definition) is 6. The molecule has 0 saturated carbocycles. The molecular weight excluding hydrogens is 405 g/mol. The highest BCUT2D eigenvalue weighted by atomic mass is 35.5. The number of aliphatic hydroxyl groups excluding tert-OH is 1. The van der Waals surface area contributed by atoms with Crippen LogP contribution in [0, 0.1) is 0 Å². The molecule has 0 aliphatic rings. The second kappa shape index (κ2) is 9.57. The number of aromatic nitrogens is 2. The second-order valence-corrected chi connectivity index (χ2v) is 7.62. The van der Waals surface area contributed by atoms with Crippen molar-refractivity contribution in [3.05, 3.63) is 58.1 Å². The molecule has 0 aliphatic heterocycles. The van der Waals surface area contributed by atoms with Gasteiger partial charge >= 0.3 is 0 Å². The van der Waals surface area contributed by atoms with Gasteiger partial charge in [0.2, 0.25) is 0 Å². The summed E-state index contributed by atoms with van der Waals surface area (Å²) in [6.45, 7) is 0.538. The van der Waals surface area contributed by atoms with E-state index in [2.05, 4.69) is 15.3 Å². The number of nitrogens with zero attached hydrogens (tertiary/aromatic N) is 2. The average molecular weight is 424 g/mol. The number of ether oxygens (including phenoxy) is 1. The minimum absolute atomic E-state index is 0.0632. The molecule has 1 atom stereocenters. The van der Waals surface area contributed by atoms with E-state index < -0.39 is 0 Å². The van der Waals surface area contributed by atoms with E-state index in [-0.39, 0.29) is 12.7 Å². The quantitative estimate of drug-likeness (QED) is 0.399. The molecule has 2 N–H and O–H groups in total. The third-order valence-corrected chi connectivity index (χ3v) is 5.36. The summed E-state index contributed by atoms with van der Waals surface area (Å²) in [6, 6.07) is 13.1. The fourth-order valence-electron chi connectivity index (χ4n) is 2.66. The molecule has 0 radical (unpaired) electrons. The molecule has 0 saturated heterocycles. The Morgan fingerprint density at radius 1 is 1.19 bits per heavy atom. The van der Waals surface area contributed by atoms with Crippen LogP contribution in [-0.4, -0.2) is 41.1 Å². The predicted octanol–water partition coefficient (Wildman–Crippen LogP) is 4.82. The van der Waals surface area contributed by atoms with Gasteiger partial charge in [0.1, 0.15) is 11.9 Å². The van der Waals surface area contributed by atoms with Gasteiger partial charge in [0.05, 0.1) is 12.1 Å². The van der Waals surface area contributed by atoms with Crippen molar-refractivity contribution >= 4 is 51.7 Å². The topological polar surface area (TPSA) is 67.3 Å². The van der Waals surface area contributed by atoms with Gasteiger partial charge in [-0.15, -0.1) is 0 Å². The van der Waals surface area contributed by atoms with E-state index in [0.717, 1.165) is 16.5 Å². The molecule has 0 bridgehead atoms. The number of aliphatic hydroxyl groups is 1. The van der Waals surface area contributed by atoms with Crippen LogP contribution in [0.4, 0.5) is 5.82 Å². The van der Waals surface area contributed by atoms with Crippen molar-refractivity contribution in [1.29, 1.82) is 0 Å². The van der Waals surface area contributed by atoms with Crippen LogP contribution >= 0.6 is 35.0 Å². The van der Waals surface area contributed by atoms with Gasteiger partial charge in [-0.2, -0.15) is 0 Å². The summed E-state index contributed by atoms with van der Waals surface area (Å²) >= 11 is 13.9. The number of nitrogens with one attached hydrogen (secondary N) is 1. The first-order valence-corrected chi connectivity index (χ1v) is 10.1. The molecule has 3 rings (SSSR count). The summed E-state index contributed by atoms with van der Waals surface area (Å²) in [7, 11) is 1.65. The Morgan fingerprint density at radius 2 is 2.00 bits per heavy atom. The van der Waals surface area contributed by atoms with E-state index >= 15 is 0 Å². The Morgan fingerprint density at radius 3 is 2.74 bits per heavy atom. The predicted molar refractivity (Wildman–Crippen MR) is 112 cm³/mol. The molecule has 0 aliphatic carbocycles. The summed E-state index contributed by atoms with van der Waals surface area (Å²) in [6.07, 6.45) is -0.239. The summed E-state index contributed by atoms with van der Waals surface area (Å²) in [5.41, 5.74) is 1.68. The fraction of sp³-hybridized carbons (Fsp3) is 0.263. The minimum atomic E-state index is -0.239. The minimum Gasteiger partial charge on any atom is -0.396 e. The molecule has 0 fully saturated rings. The summed E-state index contributed by atoms with van der Waals surface area (Å²) < 4.78 is 5.62. The van der Waals surface area contributed by atoms with Gasteiger partial charge in [0, 0.05) is 40.4 Å². The van der Waals surface area contributed by atoms with Crippen molar-refractivity contribution in [2.45, 2.75) is 11.3 Å². The first-order chi connectivity index (χ1) is 13.1. The number of fused-ring (bicyclic) bond motifs is 1. The van der Waals surface area contributed by atoms with Gasteiger partial charge in [-0.1, -0.05) is 53.2 Å². The van der Waals surface area contributed by atoms with Crippen molar-refractivity contribution in [3.8, 4) is 0 Å². The van der Waals surface area contributed by atoms with Crippen LogP contribution in [0.5, 0.6) is 0 Å². The Balaban J connectivity index is 1.90. The summed E-state index contributed by atoms with van der Waals surface area (Å²) in [4.78, 5) is 9.11. The third kappa shape index (κ3) is 5.03. The molecule has 1 heterocycles. The number of rotatable bonds is 8. The summed E-state index contributed by atoms with van der Waals surface area (Å²) in [5, 5.41) is 15.1. The van der Waals surface area contributed by atoms with Gasteiger partial charge in [-0.3, -0.25) is 0 Å². The molecule has 3 aromatic rings. The van der Waals surface area contributed by atoms with Gasteiger partial charge < -0.3 is 15.2 Å². The van der Waals surface area contributed by atoms with Crippen molar-refractivity contribution in [3.63, 3.8) is 0 Å². The highest BCUT2D eigenvalue weighted by Crippen LogP contribution is 2.29. The van der Waals surface area contributed by atoms with E-state index in [1.165, 1.54) is 11.8 Å². The molecule has 1 unspecified atom stereocenters. The van der Waals surface area contributed by atoms with Gasteiger partial charge in [0.15, 0.2) is 5.16 Å². The normalized spacial score (nSPS) is 12.3. The van der Waals surface area contributed by atoms with E-state index in [4.69, 9.17) is 33.0 Å². The lowest BCUT2D eigenvalue weighted by Crippen LogP contribution is -2.16. The SMILES string of the molecule is COC(CNc1nc(SCCO)nc2ccc(Cl)cc12)c1ccccc1Cl. The van der Waals surface area contributed by atoms with Crippen LogP contribution in [0.15, 0.2) is 47.6 Å². The first kappa shape index (κ1) is 20.2. The van der Waals surface area contributed by atoms with Crippen molar-refractivity contribution in [1.82, 2.24) is 9.97 Å². The third-order valence-electron chi connectivity index (χ3n) is 3.95. The molecule has 1 aromatic heterocycles. The van der Waals surface area contributed by atoms with Gasteiger partial charge in [-0.05, 0) is 24.3 Å². The molecule has 142 valence electrons. The van der Waals surface area contributed by atoms with Crippen molar-refractivity contribution in [2.24, 2.45) is 0 Å². The maximum Gasteiger partial charge on any atom is 0.190 e. The maximum absolute atomic E-state index is 9.07. The largest absolute Gasteiger partial charge is 0.396 e. The van der Waals surface area contributed by atoms with E-state index in [0.29, 0.717) is 33.3 Å².